The fourth-order valence-electron chi connectivity index (χ4n) is 3.20. The van der Waals surface area contributed by atoms with Gasteiger partial charge in [0.05, 0.1) is 17.9 Å². The molecular formula is C19H22N2O6S. The summed E-state index contributed by atoms with van der Waals surface area (Å²) in [4.78, 5) is 38.0. The Morgan fingerprint density at radius 2 is 1.89 bits per heavy atom. The molecule has 2 heterocycles. The summed E-state index contributed by atoms with van der Waals surface area (Å²) in [6.45, 7) is 4.97. The molecule has 2 aromatic heterocycles. The van der Waals surface area contributed by atoms with Crippen molar-refractivity contribution >= 4 is 34.2 Å². The number of aryl methyl sites for hydroxylation is 3. The van der Waals surface area contributed by atoms with Gasteiger partial charge in [-0.2, -0.15) is 0 Å². The lowest BCUT2D eigenvalue weighted by molar-refractivity contribution is -0.119. The number of carbonyl (C=O) groups is 3. The van der Waals surface area contributed by atoms with Crippen molar-refractivity contribution in [2.75, 3.05) is 18.5 Å². The van der Waals surface area contributed by atoms with E-state index in [4.69, 9.17) is 14.0 Å². The quantitative estimate of drug-likeness (QED) is 0.704. The molecule has 150 valence electrons. The van der Waals surface area contributed by atoms with Crippen LogP contribution in [0.3, 0.4) is 0 Å². The van der Waals surface area contributed by atoms with Crippen LogP contribution >= 0.6 is 11.3 Å². The van der Waals surface area contributed by atoms with Gasteiger partial charge in [0.1, 0.15) is 16.3 Å². The Balaban J connectivity index is 1.68. The van der Waals surface area contributed by atoms with Crippen LogP contribution in [0, 0.1) is 6.92 Å². The van der Waals surface area contributed by atoms with Crippen molar-refractivity contribution < 1.29 is 28.4 Å². The average Bonchev–Trinajstić information content (AvgIpc) is 3.33. The molecular weight excluding hydrogens is 384 g/mol. The molecule has 0 atom stereocenters. The highest BCUT2D eigenvalue weighted by atomic mass is 32.1. The molecule has 9 heteroatoms. The molecule has 0 aromatic carbocycles. The number of nitrogens with one attached hydrogen (secondary N) is 1. The minimum atomic E-state index is -0.662. The SMILES string of the molecule is CCOC(=O)c1c(NC(=O)COC(=O)c2c(CC)noc2C)sc2c1CCC2. The van der Waals surface area contributed by atoms with E-state index in [1.165, 1.54) is 11.3 Å². The van der Waals surface area contributed by atoms with Crippen molar-refractivity contribution in [2.45, 2.75) is 46.5 Å². The van der Waals surface area contributed by atoms with Gasteiger partial charge in [-0.1, -0.05) is 12.1 Å². The van der Waals surface area contributed by atoms with Crippen molar-refractivity contribution in [3.63, 3.8) is 0 Å². The van der Waals surface area contributed by atoms with Gasteiger partial charge in [-0.25, -0.2) is 9.59 Å². The molecule has 0 saturated heterocycles. The fourth-order valence-corrected chi connectivity index (χ4v) is 4.49. The van der Waals surface area contributed by atoms with Crippen molar-refractivity contribution in [1.29, 1.82) is 0 Å². The number of aromatic nitrogens is 1. The van der Waals surface area contributed by atoms with E-state index >= 15 is 0 Å². The first-order valence-electron chi connectivity index (χ1n) is 9.19. The van der Waals surface area contributed by atoms with Crippen LogP contribution in [0.15, 0.2) is 4.52 Å². The second-order valence-corrected chi connectivity index (χ2v) is 7.43. The Bertz CT molecular complexity index is 914. The van der Waals surface area contributed by atoms with E-state index in [0.29, 0.717) is 28.4 Å². The number of fused-ring (bicyclic) bond motifs is 1. The Labute approximate surface area is 166 Å². The van der Waals surface area contributed by atoms with Crippen LogP contribution in [0.1, 0.15) is 62.9 Å². The minimum absolute atomic E-state index is 0.248. The maximum atomic E-state index is 12.3. The molecule has 1 aliphatic rings. The summed E-state index contributed by atoms with van der Waals surface area (Å²) in [6, 6.07) is 0. The number of rotatable bonds is 7. The molecule has 2 aromatic rings. The topological polar surface area (TPSA) is 108 Å². The lowest BCUT2D eigenvalue weighted by atomic mass is 10.1. The largest absolute Gasteiger partial charge is 0.462 e. The number of hydrogen-bond donors (Lipinski definition) is 1. The maximum absolute atomic E-state index is 12.3. The minimum Gasteiger partial charge on any atom is -0.462 e. The molecule has 0 spiro atoms. The normalized spacial score (nSPS) is 12.5. The van der Waals surface area contributed by atoms with Crippen LogP contribution < -0.4 is 5.32 Å². The highest BCUT2D eigenvalue weighted by molar-refractivity contribution is 7.17. The van der Waals surface area contributed by atoms with Crippen LogP contribution in [-0.2, 0) is 33.5 Å². The molecule has 0 bridgehead atoms. The molecule has 0 aliphatic heterocycles. The first-order valence-corrected chi connectivity index (χ1v) is 10.0. The van der Waals surface area contributed by atoms with Gasteiger partial charge in [0, 0.05) is 4.88 Å². The molecule has 8 nitrogen and oxygen atoms in total. The summed E-state index contributed by atoms with van der Waals surface area (Å²) in [7, 11) is 0. The predicted molar refractivity (Wildman–Crippen MR) is 102 cm³/mol. The molecule has 3 rings (SSSR count). The van der Waals surface area contributed by atoms with Gasteiger partial charge in [0.2, 0.25) is 0 Å². The Morgan fingerprint density at radius 1 is 1.14 bits per heavy atom. The number of anilines is 1. The van der Waals surface area contributed by atoms with Gasteiger partial charge in [-0.3, -0.25) is 4.79 Å². The summed E-state index contributed by atoms with van der Waals surface area (Å²) in [5.41, 5.74) is 2.10. The molecule has 1 amide bonds. The zero-order valence-electron chi connectivity index (χ0n) is 16.0. The number of thiophene rings is 1. The fraction of sp³-hybridized carbons (Fsp3) is 0.474. The first kappa shape index (κ1) is 20.1. The van der Waals surface area contributed by atoms with Crippen molar-refractivity contribution in [1.82, 2.24) is 5.16 Å². The van der Waals surface area contributed by atoms with Crippen LogP contribution in [0.25, 0.3) is 0 Å². The number of hydrogen-bond acceptors (Lipinski definition) is 8. The van der Waals surface area contributed by atoms with Gasteiger partial charge in [0.25, 0.3) is 5.91 Å². The Hall–Kier alpha value is -2.68. The van der Waals surface area contributed by atoms with E-state index in [0.717, 1.165) is 29.7 Å². The molecule has 0 radical (unpaired) electrons. The molecule has 0 unspecified atom stereocenters. The first-order chi connectivity index (χ1) is 13.5. The van der Waals surface area contributed by atoms with Gasteiger partial charge in [-0.15, -0.1) is 11.3 Å². The number of carbonyl (C=O) groups excluding carboxylic acids is 3. The van der Waals surface area contributed by atoms with Crippen molar-refractivity contribution in [3.8, 4) is 0 Å². The van der Waals surface area contributed by atoms with E-state index in [-0.39, 0.29) is 12.2 Å². The van der Waals surface area contributed by atoms with E-state index in [1.54, 1.807) is 13.8 Å². The molecule has 1 aliphatic carbocycles. The smallest absolute Gasteiger partial charge is 0.344 e. The number of ether oxygens (including phenoxy) is 2. The average molecular weight is 406 g/mol. The van der Waals surface area contributed by atoms with Crippen molar-refractivity contribution in [2.24, 2.45) is 0 Å². The molecule has 0 saturated carbocycles. The lowest BCUT2D eigenvalue weighted by Crippen LogP contribution is -2.22. The maximum Gasteiger partial charge on any atom is 0.344 e. The highest BCUT2D eigenvalue weighted by Crippen LogP contribution is 2.39. The van der Waals surface area contributed by atoms with Crippen LogP contribution in [-0.4, -0.2) is 36.2 Å². The van der Waals surface area contributed by atoms with Gasteiger partial charge in [-0.05, 0) is 45.1 Å². The summed E-state index contributed by atoms with van der Waals surface area (Å²) in [5.74, 6) is -1.28. The second-order valence-electron chi connectivity index (χ2n) is 6.32. The molecule has 28 heavy (non-hydrogen) atoms. The third-order valence-electron chi connectivity index (χ3n) is 4.46. The Morgan fingerprint density at radius 3 is 2.61 bits per heavy atom. The summed E-state index contributed by atoms with van der Waals surface area (Å²) >= 11 is 1.37. The van der Waals surface area contributed by atoms with Crippen LogP contribution in [0.5, 0.6) is 0 Å². The zero-order chi connectivity index (χ0) is 20.3. The van der Waals surface area contributed by atoms with Crippen LogP contribution in [0.4, 0.5) is 5.00 Å². The summed E-state index contributed by atoms with van der Waals surface area (Å²) < 4.78 is 15.2. The molecule has 1 N–H and O–H groups in total. The van der Waals surface area contributed by atoms with E-state index in [1.807, 2.05) is 6.92 Å². The van der Waals surface area contributed by atoms with Gasteiger partial charge in [0.15, 0.2) is 6.61 Å². The monoisotopic (exact) mass is 406 g/mol. The third-order valence-corrected chi connectivity index (χ3v) is 5.67. The lowest BCUT2D eigenvalue weighted by Gasteiger charge is -2.08. The standard InChI is InChI=1S/C19H22N2O6S/c1-4-12-15(10(3)27-21-12)18(23)26-9-14(22)20-17-16(19(24)25-5-2)11-7-6-8-13(11)28-17/h4-9H2,1-3H3,(H,20,22). The number of esters is 2. The summed E-state index contributed by atoms with van der Waals surface area (Å²) in [5, 5.41) is 6.93. The Kier molecular flexibility index (Phi) is 6.13. The van der Waals surface area contributed by atoms with E-state index < -0.39 is 24.5 Å². The summed E-state index contributed by atoms with van der Waals surface area (Å²) in [6.07, 6.45) is 3.16. The number of nitrogens with zero attached hydrogens (tertiary/aromatic N) is 1. The predicted octanol–water partition coefficient (Wildman–Crippen LogP) is 3.07. The van der Waals surface area contributed by atoms with Gasteiger partial charge < -0.3 is 19.3 Å². The van der Waals surface area contributed by atoms with E-state index in [2.05, 4.69) is 10.5 Å². The van der Waals surface area contributed by atoms with Crippen molar-refractivity contribution in [3.05, 3.63) is 33.0 Å². The third kappa shape index (κ3) is 3.94. The van der Waals surface area contributed by atoms with Crippen LogP contribution in [0.2, 0.25) is 0 Å². The molecule has 0 fully saturated rings. The number of amides is 1. The highest BCUT2D eigenvalue weighted by Gasteiger charge is 2.28. The second kappa shape index (κ2) is 8.55. The zero-order valence-corrected chi connectivity index (χ0v) is 16.9. The van der Waals surface area contributed by atoms with Gasteiger partial charge >= 0.3 is 11.9 Å². The van der Waals surface area contributed by atoms with E-state index in [9.17, 15) is 14.4 Å².